The van der Waals surface area contributed by atoms with Gasteiger partial charge < -0.3 is 19.7 Å². The maximum Gasteiger partial charge on any atom is 0.303 e. The quantitative estimate of drug-likeness (QED) is 0.459. The molecule has 3 rings (SSSR count). The summed E-state index contributed by atoms with van der Waals surface area (Å²) < 4.78 is 11.7. The SMILES string of the molecule is O=C(O)CCCOCC[C@H]1[C@@H](/C=C/C(O)Cc2ccccc2)[C@H]2CC[C@@H]1O2. The van der Waals surface area contributed by atoms with Gasteiger partial charge >= 0.3 is 5.97 Å². The molecule has 2 aliphatic heterocycles. The average molecular weight is 374 g/mol. The molecule has 27 heavy (non-hydrogen) atoms. The number of carbonyl (C=O) groups is 1. The van der Waals surface area contributed by atoms with E-state index in [2.05, 4.69) is 6.08 Å². The van der Waals surface area contributed by atoms with Gasteiger partial charge in [-0.2, -0.15) is 0 Å². The van der Waals surface area contributed by atoms with Crippen LogP contribution in [0.4, 0.5) is 0 Å². The van der Waals surface area contributed by atoms with Crippen LogP contribution in [0.1, 0.15) is 37.7 Å². The summed E-state index contributed by atoms with van der Waals surface area (Å²) in [6.45, 7) is 1.12. The second kappa shape index (κ2) is 10.0. The Kier molecular flexibility index (Phi) is 7.44. The maximum atomic E-state index is 10.5. The summed E-state index contributed by atoms with van der Waals surface area (Å²) >= 11 is 0. The molecule has 0 aromatic heterocycles. The first-order valence-corrected chi connectivity index (χ1v) is 9.99. The van der Waals surface area contributed by atoms with E-state index >= 15 is 0 Å². The van der Waals surface area contributed by atoms with Crippen LogP contribution in [-0.4, -0.2) is 47.7 Å². The Morgan fingerprint density at radius 2 is 2.00 bits per heavy atom. The van der Waals surface area contributed by atoms with E-state index in [0.29, 0.717) is 44.0 Å². The summed E-state index contributed by atoms with van der Waals surface area (Å²) in [5.41, 5.74) is 1.13. The zero-order chi connectivity index (χ0) is 19.1. The summed E-state index contributed by atoms with van der Waals surface area (Å²) in [7, 11) is 0. The number of rotatable bonds is 11. The van der Waals surface area contributed by atoms with Gasteiger partial charge in [-0.3, -0.25) is 4.79 Å². The van der Waals surface area contributed by atoms with Gasteiger partial charge in [0.2, 0.25) is 0 Å². The number of carboxylic acid groups (broad SMARTS) is 1. The topological polar surface area (TPSA) is 76.0 Å². The highest BCUT2D eigenvalue weighted by molar-refractivity contribution is 5.66. The van der Waals surface area contributed by atoms with Gasteiger partial charge in [-0.25, -0.2) is 0 Å². The van der Waals surface area contributed by atoms with E-state index in [9.17, 15) is 9.90 Å². The summed E-state index contributed by atoms with van der Waals surface area (Å²) in [5, 5.41) is 19.0. The lowest BCUT2D eigenvalue weighted by Crippen LogP contribution is -2.27. The monoisotopic (exact) mass is 374 g/mol. The van der Waals surface area contributed by atoms with Crippen LogP contribution in [0.5, 0.6) is 0 Å². The van der Waals surface area contributed by atoms with Crippen molar-refractivity contribution in [2.75, 3.05) is 13.2 Å². The Morgan fingerprint density at radius 1 is 1.22 bits per heavy atom. The summed E-state index contributed by atoms with van der Waals surface area (Å²) in [5.74, 6) is -0.0282. The molecule has 0 radical (unpaired) electrons. The lowest BCUT2D eigenvalue weighted by molar-refractivity contribution is -0.137. The predicted molar refractivity (Wildman–Crippen MR) is 102 cm³/mol. The van der Waals surface area contributed by atoms with E-state index < -0.39 is 12.1 Å². The van der Waals surface area contributed by atoms with Crippen molar-refractivity contribution in [1.82, 2.24) is 0 Å². The van der Waals surface area contributed by atoms with Crippen LogP contribution >= 0.6 is 0 Å². The first kappa shape index (κ1) is 20.1. The van der Waals surface area contributed by atoms with Crippen LogP contribution in [0.2, 0.25) is 0 Å². The fraction of sp³-hybridized carbons (Fsp3) is 0.591. The number of aliphatic hydroxyl groups is 1. The van der Waals surface area contributed by atoms with Gasteiger partial charge in [0.1, 0.15) is 0 Å². The van der Waals surface area contributed by atoms with E-state index in [1.165, 1.54) is 0 Å². The molecule has 2 aliphatic rings. The van der Waals surface area contributed by atoms with Gasteiger partial charge in [0.15, 0.2) is 0 Å². The Morgan fingerprint density at radius 3 is 2.78 bits per heavy atom. The minimum atomic E-state index is -0.778. The van der Waals surface area contributed by atoms with Crippen molar-refractivity contribution in [3.63, 3.8) is 0 Å². The van der Waals surface area contributed by atoms with Crippen molar-refractivity contribution in [3.05, 3.63) is 48.0 Å². The Balaban J connectivity index is 1.45. The summed E-state index contributed by atoms with van der Waals surface area (Å²) in [6, 6.07) is 10.0. The Hall–Kier alpha value is -1.69. The highest BCUT2D eigenvalue weighted by Crippen LogP contribution is 2.45. The molecule has 2 N–H and O–H groups in total. The van der Waals surface area contributed by atoms with Crippen molar-refractivity contribution in [2.45, 2.75) is 56.8 Å². The molecule has 148 valence electrons. The third kappa shape index (κ3) is 5.89. The van der Waals surface area contributed by atoms with Crippen molar-refractivity contribution in [1.29, 1.82) is 0 Å². The van der Waals surface area contributed by atoms with Gasteiger partial charge in [-0.15, -0.1) is 0 Å². The molecule has 2 saturated heterocycles. The molecule has 1 aromatic carbocycles. The number of fused-ring (bicyclic) bond motifs is 2. The van der Waals surface area contributed by atoms with Crippen molar-refractivity contribution in [3.8, 4) is 0 Å². The van der Waals surface area contributed by atoms with E-state index in [0.717, 1.165) is 24.8 Å². The summed E-state index contributed by atoms with van der Waals surface area (Å²) in [6.07, 6.45) is 8.56. The second-order valence-electron chi connectivity index (χ2n) is 7.57. The van der Waals surface area contributed by atoms with Crippen LogP contribution in [-0.2, 0) is 20.7 Å². The van der Waals surface area contributed by atoms with Crippen LogP contribution < -0.4 is 0 Å². The number of aliphatic carboxylic acids is 1. The number of hydrogen-bond acceptors (Lipinski definition) is 4. The number of hydrogen-bond donors (Lipinski definition) is 2. The van der Waals surface area contributed by atoms with Crippen molar-refractivity contribution >= 4 is 5.97 Å². The fourth-order valence-electron chi connectivity index (χ4n) is 4.28. The Bertz CT molecular complexity index is 614. The number of aliphatic hydroxyl groups excluding tert-OH is 1. The third-order valence-corrected chi connectivity index (χ3v) is 5.60. The van der Waals surface area contributed by atoms with Crippen LogP contribution in [0, 0.1) is 11.8 Å². The largest absolute Gasteiger partial charge is 0.481 e. The zero-order valence-corrected chi connectivity index (χ0v) is 15.7. The molecule has 1 unspecified atom stereocenters. The smallest absolute Gasteiger partial charge is 0.303 e. The van der Waals surface area contributed by atoms with Gasteiger partial charge in [-0.05, 0) is 37.2 Å². The molecule has 0 spiro atoms. The molecular weight excluding hydrogens is 344 g/mol. The minimum Gasteiger partial charge on any atom is -0.481 e. The highest BCUT2D eigenvalue weighted by atomic mass is 16.5. The average Bonchev–Trinajstić information content (AvgIpc) is 3.25. The molecular formula is C22H30O5. The molecule has 5 atom stereocenters. The number of carboxylic acids is 1. The standard InChI is InChI=1S/C22H30O5/c23-17(15-16-5-2-1-3-6-16)8-9-18-19(21-11-10-20(18)27-21)12-14-26-13-4-7-22(24)25/h1-3,5-6,8-9,17-21,23H,4,7,10-15H2,(H,24,25)/b9-8+/t17?,18-,19+,20-,21+/m1/s1. The fourth-order valence-corrected chi connectivity index (χ4v) is 4.28. The van der Waals surface area contributed by atoms with E-state index in [1.54, 1.807) is 0 Å². The number of benzene rings is 1. The second-order valence-corrected chi connectivity index (χ2v) is 7.57. The Labute approximate surface area is 161 Å². The molecule has 0 amide bonds. The van der Waals surface area contributed by atoms with Crippen molar-refractivity contribution < 1.29 is 24.5 Å². The third-order valence-electron chi connectivity index (χ3n) is 5.60. The highest BCUT2D eigenvalue weighted by Gasteiger charge is 2.47. The molecule has 1 aromatic rings. The number of ether oxygens (including phenoxy) is 2. The van der Waals surface area contributed by atoms with Crippen LogP contribution in [0.25, 0.3) is 0 Å². The van der Waals surface area contributed by atoms with E-state index in [-0.39, 0.29) is 12.5 Å². The zero-order valence-electron chi connectivity index (χ0n) is 15.7. The molecule has 5 nitrogen and oxygen atoms in total. The van der Waals surface area contributed by atoms with Gasteiger partial charge in [0.25, 0.3) is 0 Å². The minimum absolute atomic E-state index is 0.155. The van der Waals surface area contributed by atoms with Crippen LogP contribution in [0.15, 0.2) is 42.5 Å². The molecule has 2 fully saturated rings. The lowest BCUT2D eigenvalue weighted by Gasteiger charge is -2.26. The maximum absolute atomic E-state index is 10.5. The molecule has 0 aliphatic carbocycles. The normalized spacial score (nSPS) is 28.0. The molecule has 2 bridgehead atoms. The lowest BCUT2D eigenvalue weighted by atomic mass is 9.77. The first-order chi connectivity index (χ1) is 13.1. The van der Waals surface area contributed by atoms with Gasteiger partial charge in [0.05, 0.1) is 18.3 Å². The van der Waals surface area contributed by atoms with Crippen LogP contribution in [0.3, 0.4) is 0 Å². The molecule has 5 heteroatoms. The summed E-state index contributed by atoms with van der Waals surface area (Å²) in [4.78, 5) is 10.5. The predicted octanol–water partition coefficient (Wildman–Crippen LogP) is 3.21. The van der Waals surface area contributed by atoms with Crippen molar-refractivity contribution in [2.24, 2.45) is 11.8 Å². The molecule has 0 saturated carbocycles. The van der Waals surface area contributed by atoms with E-state index in [1.807, 2.05) is 36.4 Å². The van der Waals surface area contributed by atoms with Gasteiger partial charge in [0, 0.05) is 32.0 Å². The first-order valence-electron chi connectivity index (χ1n) is 9.99. The van der Waals surface area contributed by atoms with E-state index in [4.69, 9.17) is 14.6 Å². The molecule has 2 heterocycles. The van der Waals surface area contributed by atoms with Gasteiger partial charge in [-0.1, -0.05) is 42.5 Å².